The zero-order chi connectivity index (χ0) is 15.3. The molecule has 112 valence electrons. The summed E-state index contributed by atoms with van der Waals surface area (Å²) < 4.78 is 41.6. The number of ether oxygens (including phenoxy) is 1. The van der Waals surface area contributed by atoms with Gasteiger partial charge in [-0.2, -0.15) is 13.2 Å². The van der Waals surface area contributed by atoms with Crippen LogP contribution < -0.4 is 15.8 Å². The standard InChI is InChI=1S/C13H17F3N2O2/c1-3-9(18-12(19)13(14,15)16)6-8-4-5-11(20-2)10(17)7-8/h4-5,7,9H,3,6,17H2,1-2H3,(H,18,19). The Bertz CT molecular complexity index is 475. The highest BCUT2D eigenvalue weighted by Crippen LogP contribution is 2.23. The van der Waals surface area contributed by atoms with Gasteiger partial charge in [0.1, 0.15) is 5.75 Å². The van der Waals surface area contributed by atoms with E-state index in [-0.39, 0.29) is 6.42 Å². The summed E-state index contributed by atoms with van der Waals surface area (Å²) in [5.74, 6) is -1.42. The molecule has 7 heteroatoms. The van der Waals surface area contributed by atoms with E-state index in [0.29, 0.717) is 17.9 Å². The Morgan fingerprint density at radius 1 is 1.45 bits per heavy atom. The second-order valence-electron chi connectivity index (χ2n) is 4.36. The van der Waals surface area contributed by atoms with E-state index in [1.807, 2.05) is 5.32 Å². The summed E-state index contributed by atoms with van der Waals surface area (Å²) in [6.07, 6.45) is -4.22. The molecule has 0 bridgehead atoms. The third kappa shape index (κ3) is 4.32. The first-order valence-corrected chi connectivity index (χ1v) is 6.08. The molecule has 1 aromatic carbocycles. The number of alkyl halides is 3. The molecule has 1 amide bonds. The molecule has 0 aliphatic rings. The third-order valence-corrected chi connectivity index (χ3v) is 2.86. The first-order valence-electron chi connectivity index (χ1n) is 6.08. The number of halogens is 3. The number of carbonyl (C=O) groups excluding carboxylic acids is 1. The van der Waals surface area contributed by atoms with E-state index in [9.17, 15) is 18.0 Å². The molecule has 0 saturated carbocycles. The molecular formula is C13H17F3N2O2. The van der Waals surface area contributed by atoms with Gasteiger partial charge in [-0.15, -0.1) is 0 Å². The number of anilines is 1. The highest BCUT2D eigenvalue weighted by Gasteiger charge is 2.39. The van der Waals surface area contributed by atoms with Crippen LogP contribution in [-0.2, 0) is 11.2 Å². The largest absolute Gasteiger partial charge is 0.495 e. The molecule has 4 nitrogen and oxygen atoms in total. The van der Waals surface area contributed by atoms with E-state index < -0.39 is 18.1 Å². The molecule has 1 unspecified atom stereocenters. The van der Waals surface area contributed by atoms with Crippen molar-refractivity contribution < 1.29 is 22.7 Å². The van der Waals surface area contributed by atoms with Crippen molar-refractivity contribution >= 4 is 11.6 Å². The molecule has 1 atom stereocenters. The molecule has 0 aromatic heterocycles. The number of nitrogens with one attached hydrogen (secondary N) is 1. The number of hydrogen-bond donors (Lipinski definition) is 2. The zero-order valence-electron chi connectivity index (χ0n) is 11.3. The molecule has 0 saturated heterocycles. The van der Waals surface area contributed by atoms with Gasteiger partial charge in [-0.3, -0.25) is 4.79 Å². The van der Waals surface area contributed by atoms with E-state index in [4.69, 9.17) is 10.5 Å². The van der Waals surface area contributed by atoms with Crippen molar-refractivity contribution in [2.75, 3.05) is 12.8 Å². The minimum atomic E-state index is -4.87. The Hall–Kier alpha value is -1.92. The van der Waals surface area contributed by atoms with Crippen molar-refractivity contribution in [3.8, 4) is 5.75 Å². The topological polar surface area (TPSA) is 64.3 Å². The van der Waals surface area contributed by atoms with Crippen molar-refractivity contribution in [2.45, 2.75) is 32.0 Å². The van der Waals surface area contributed by atoms with Gasteiger partial charge in [-0.25, -0.2) is 0 Å². The smallest absolute Gasteiger partial charge is 0.471 e. The first-order chi connectivity index (χ1) is 9.27. The number of rotatable bonds is 5. The average Bonchev–Trinajstić information content (AvgIpc) is 2.37. The molecule has 0 fully saturated rings. The fraction of sp³-hybridized carbons (Fsp3) is 0.462. The number of nitrogen functional groups attached to an aromatic ring is 1. The number of hydrogen-bond acceptors (Lipinski definition) is 3. The Morgan fingerprint density at radius 3 is 2.55 bits per heavy atom. The van der Waals surface area contributed by atoms with Crippen LogP contribution in [0.1, 0.15) is 18.9 Å². The van der Waals surface area contributed by atoms with Crippen LogP contribution in [0.5, 0.6) is 5.75 Å². The van der Waals surface area contributed by atoms with Crippen LogP contribution in [0.2, 0.25) is 0 Å². The molecular weight excluding hydrogens is 273 g/mol. The number of carbonyl (C=O) groups is 1. The van der Waals surface area contributed by atoms with E-state index in [0.717, 1.165) is 5.56 Å². The second-order valence-corrected chi connectivity index (χ2v) is 4.36. The van der Waals surface area contributed by atoms with Crippen LogP contribution in [0, 0.1) is 0 Å². The van der Waals surface area contributed by atoms with Gasteiger partial charge in [0.2, 0.25) is 0 Å². The van der Waals surface area contributed by atoms with Gasteiger partial charge in [0.05, 0.1) is 12.8 Å². The van der Waals surface area contributed by atoms with E-state index in [1.165, 1.54) is 7.11 Å². The number of methoxy groups -OCH3 is 1. The highest BCUT2D eigenvalue weighted by molar-refractivity contribution is 5.81. The van der Waals surface area contributed by atoms with Crippen LogP contribution in [0.3, 0.4) is 0 Å². The highest BCUT2D eigenvalue weighted by atomic mass is 19.4. The van der Waals surface area contributed by atoms with Gasteiger partial charge in [0, 0.05) is 6.04 Å². The Morgan fingerprint density at radius 2 is 2.10 bits per heavy atom. The lowest BCUT2D eigenvalue weighted by atomic mass is 10.0. The maximum absolute atomic E-state index is 12.2. The lowest BCUT2D eigenvalue weighted by molar-refractivity contribution is -0.174. The van der Waals surface area contributed by atoms with Crippen molar-refractivity contribution in [1.29, 1.82) is 0 Å². The van der Waals surface area contributed by atoms with E-state index in [2.05, 4.69) is 0 Å². The maximum Gasteiger partial charge on any atom is 0.471 e. The summed E-state index contributed by atoms with van der Waals surface area (Å²) in [5, 5.41) is 1.97. The molecule has 20 heavy (non-hydrogen) atoms. The van der Waals surface area contributed by atoms with Gasteiger partial charge in [0.15, 0.2) is 0 Å². The van der Waals surface area contributed by atoms with Crippen molar-refractivity contribution in [3.63, 3.8) is 0 Å². The molecule has 0 aliphatic heterocycles. The number of nitrogens with two attached hydrogens (primary N) is 1. The summed E-state index contributed by atoms with van der Waals surface area (Å²) in [4.78, 5) is 10.9. The molecule has 1 rings (SSSR count). The van der Waals surface area contributed by atoms with Gasteiger partial charge in [-0.05, 0) is 30.5 Å². The monoisotopic (exact) mass is 290 g/mol. The van der Waals surface area contributed by atoms with Crippen LogP contribution in [0.4, 0.5) is 18.9 Å². The molecule has 0 heterocycles. The Kier molecular flexibility index (Phi) is 5.24. The number of amides is 1. The summed E-state index contributed by atoms with van der Waals surface area (Å²) in [6, 6.07) is 4.37. The van der Waals surface area contributed by atoms with Crippen LogP contribution in [-0.4, -0.2) is 25.2 Å². The van der Waals surface area contributed by atoms with Gasteiger partial charge in [-0.1, -0.05) is 13.0 Å². The third-order valence-electron chi connectivity index (χ3n) is 2.86. The first kappa shape index (κ1) is 16.1. The van der Waals surface area contributed by atoms with Crippen molar-refractivity contribution in [2.24, 2.45) is 0 Å². The Balaban J connectivity index is 2.74. The fourth-order valence-electron chi connectivity index (χ4n) is 1.76. The lowest BCUT2D eigenvalue weighted by Gasteiger charge is -2.18. The molecule has 0 aliphatic carbocycles. The minimum Gasteiger partial charge on any atom is -0.495 e. The fourth-order valence-corrected chi connectivity index (χ4v) is 1.76. The van der Waals surface area contributed by atoms with E-state index >= 15 is 0 Å². The molecule has 1 aromatic rings. The normalized spacial score (nSPS) is 12.8. The van der Waals surface area contributed by atoms with Gasteiger partial charge in [0.25, 0.3) is 0 Å². The summed E-state index contributed by atoms with van der Waals surface area (Å²) in [5.41, 5.74) is 6.87. The summed E-state index contributed by atoms with van der Waals surface area (Å²) in [6.45, 7) is 1.70. The second kappa shape index (κ2) is 6.49. The SMILES string of the molecule is CCC(Cc1ccc(OC)c(N)c1)NC(=O)C(F)(F)F. The average molecular weight is 290 g/mol. The summed E-state index contributed by atoms with van der Waals surface area (Å²) in [7, 11) is 1.48. The van der Waals surface area contributed by atoms with E-state index in [1.54, 1.807) is 25.1 Å². The maximum atomic E-state index is 12.2. The Labute approximate surface area is 115 Å². The quantitative estimate of drug-likeness (QED) is 0.818. The predicted octanol–water partition coefficient (Wildman–Crippen LogP) is 2.28. The molecule has 3 N–H and O–H groups in total. The molecule has 0 spiro atoms. The molecule has 0 radical (unpaired) electrons. The lowest BCUT2D eigenvalue weighted by Crippen LogP contribution is -2.43. The van der Waals surface area contributed by atoms with Crippen molar-refractivity contribution in [1.82, 2.24) is 5.32 Å². The van der Waals surface area contributed by atoms with Crippen LogP contribution in [0.15, 0.2) is 18.2 Å². The van der Waals surface area contributed by atoms with Crippen LogP contribution in [0.25, 0.3) is 0 Å². The zero-order valence-corrected chi connectivity index (χ0v) is 11.3. The summed E-state index contributed by atoms with van der Waals surface area (Å²) >= 11 is 0. The van der Waals surface area contributed by atoms with Crippen LogP contribution >= 0.6 is 0 Å². The van der Waals surface area contributed by atoms with Gasteiger partial charge >= 0.3 is 12.1 Å². The predicted molar refractivity (Wildman–Crippen MR) is 69.4 cm³/mol. The van der Waals surface area contributed by atoms with Crippen molar-refractivity contribution in [3.05, 3.63) is 23.8 Å². The minimum absolute atomic E-state index is 0.270. The van der Waals surface area contributed by atoms with Gasteiger partial charge < -0.3 is 15.8 Å². The number of benzene rings is 1.